The first-order chi connectivity index (χ1) is 13.7. The van der Waals surface area contributed by atoms with E-state index in [0.29, 0.717) is 18.0 Å². The van der Waals surface area contributed by atoms with Crippen molar-refractivity contribution in [3.63, 3.8) is 0 Å². The molecule has 152 valence electrons. The van der Waals surface area contributed by atoms with Gasteiger partial charge in [0.15, 0.2) is 5.13 Å². The molecule has 0 unspecified atom stereocenters. The largest absolute Gasteiger partial charge is 0.302 e. The summed E-state index contributed by atoms with van der Waals surface area (Å²) >= 11 is 3.00. The summed E-state index contributed by atoms with van der Waals surface area (Å²) in [5.41, 5.74) is 3.48. The summed E-state index contributed by atoms with van der Waals surface area (Å²) in [6, 6.07) is 9.53. The van der Waals surface area contributed by atoms with Crippen LogP contribution in [0, 0.1) is 6.92 Å². The van der Waals surface area contributed by atoms with Crippen LogP contribution in [0.2, 0.25) is 0 Å². The van der Waals surface area contributed by atoms with Gasteiger partial charge >= 0.3 is 0 Å². The second-order valence-corrected chi connectivity index (χ2v) is 11.3. The Labute approximate surface area is 178 Å². The van der Waals surface area contributed by atoms with E-state index in [1.165, 1.54) is 21.9 Å². The number of sulfonamides is 1. The molecule has 0 fully saturated rings. The van der Waals surface area contributed by atoms with Crippen LogP contribution in [0.4, 0.5) is 10.8 Å². The molecular formula is C20H21N3O3S3. The molecule has 3 aromatic rings. The maximum absolute atomic E-state index is 12.3. The van der Waals surface area contributed by atoms with Crippen LogP contribution in [0.5, 0.6) is 0 Å². The summed E-state index contributed by atoms with van der Waals surface area (Å²) in [7, 11) is -3.31. The van der Waals surface area contributed by atoms with Crippen LogP contribution in [-0.4, -0.2) is 31.6 Å². The number of benzene rings is 1. The fraction of sp³-hybridized carbons (Fsp3) is 0.300. The summed E-state index contributed by atoms with van der Waals surface area (Å²) in [6.07, 6.45) is 2.25. The first-order valence-corrected chi connectivity index (χ1v) is 12.7. The molecule has 0 spiro atoms. The number of nitrogens with one attached hydrogen (secondary N) is 1. The Balaban J connectivity index is 1.57. The molecule has 0 radical (unpaired) electrons. The number of anilines is 2. The van der Waals surface area contributed by atoms with Crippen molar-refractivity contribution in [2.24, 2.45) is 0 Å². The van der Waals surface area contributed by atoms with Gasteiger partial charge in [0.2, 0.25) is 15.9 Å². The number of carbonyl (C=O) groups excluding carboxylic acids is 1. The van der Waals surface area contributed by atoms with Crippen LogP contribution in [0.1, 0.15) is 22.2 Å². The van der Waals surface area contributed by atoms with Crippen molar-refractivity contribution in [2.45, 2.75) is 32.7 Å². The van der Waals surface area contributed by atoms with Crippen molar-refractivity contribution in [2.75, 3.05) is 15.9 Å². The van der Waals surface area contributed by atoms with Crippen LogP contribution in [-0.2, 0) is 27.7 Å². The third-order valence-corrected chi connectivity index (χ3v) is 7.85. The van der Waals surface area contributed by atoms with Gasteiger partial charge < -0.3 is 5.32 Å². The molecule has 1 aromatic carbocycles. The highest BCUT2D eigenvalue weighted by molar-refractivity contribution is 7.92. The molecule has 29 heavy (non-hydrogen) atoms. The predicted octanol–water partition coefficient (Wildman–Crippen LogP) is 4.07. The fourth-order valence-electron chi connectivity index (χ4n) is 3.71. The number of hydrogen-bond donors (Lipinski definition) is 1. The van der Waals surface area contributed by atoms with Gasteiger partial charge in [-0.25, -0.2) is 13.4 Å². The number of fused-ring (bicyclic) bond motifs is 1. The zero-order chi connectivity index (χ0) is 20.8. The van der Waals surface area contributed by atoms with Crippen LogP contribution in [0.25, 0.3) is 11.3 Å². The van der Waals surface area contributed by atoms with Crippen LogP contribution in [0.3, 0.4) is 0 Å². The van der Waals surface area contributed by atoms with Gasteiger partial charge in [-0.3, -0.25) is 9.10 Å². The number of amides is 1. The third-order valence-electron chi connectivity index (χ3n) is 4.82. The van der Waals surface area contributed by atoms with E-state index in [1.807, 2.05) is 49.6 Å². The summed E-state index contributed by atoms with van der Waals surface area (Å²) in [5.74, 6) is -0.0840. The number of rotatable bonds is 5. The van der Waals surface area contributed by atoms with Crippen LogP contribution < -0.4 is 9.62 Å². The standard InChI is InChI=1S/C20H21N3O3S3/c1-12-9-15-10-14(6-7-17(15)23(12)29(3,25)26)19-13(2)28-20(22-19)21-18(24)11-16-5-4-8-27-16/h4-8,10,12H,9,11H2,1-3H3,(H,21,22,24)/t12-/m1/s1. The quantitative estimate of drug-likeness (QED) is 0.639. The Bertz CT molecular complexity index is 1170. The van der Waals surface area contributed by atoms with Gasteiger partial charge in [-0.1, -0.05) is 12.1 Å². The molecule has 9 heteroatoms. The minimum absolute atomic E-state index is 0.0840. The Kier molecular flexibility index (Phi) is 5.22. The Morgan fingerprint density at radius 3 is 2.83 bits per heavy atom. The monoisotopic (exact) mass is 447 g/mol. The molecule has 1 aliphatic rings. The van der Waals surface area contributed by atoms with Crippen molar-refractivity contribution in [1.29, 1.82) is 0 Å². The maximum Gasteiger partial charge on any atom is 0.232 e. The average molecular weight is 448 g/mol. The molecule has 3 heterocycles. The molecule has 0 saturated carbocycles. The number of thiazole rings is 1. The predicted molar refractivity (Wildman–Crippen MR) is 119 cm³/mol. The summed E-state index contributed by atoms with van der Waals surface area (Å²) < 4.78 is 25.7. The number of aromatic nitrogens is 1. The first kappa shape index (κ1) is 20.1. The normalized spacial score (nSPS) is 16.1. The highest BCUT2D eigenvalue weighted by Crippen LogP contribution is 2.38. The third kappa shape index (κ3) is 4.08. The lowest BCUT2D eigenvalue weighted by atomic mass is 10.0. The van der Waals surface area contributed by atoms with Crippen molar-refractivity contribution >= 4 is 49.4 Å². The van der Waals surface area contributed by atoms with Gasteiger partial charge in [-0.2, -0.15) is 0 Å². The first-order valence-electron chi connectivity index (χ1n) is 9.15. The van der Waals surface area contributed by atoms with Crippen LogP contribution in [0.15, 0.2) is 35.7 Å². The van der Waals surface area contributed by atoms with Gasteiger partial charge in [-0.15, -0.1) is 22.7 Å². The molecular weight excluding hydrogens is 426 g/mol. The Hall–Kier alpha value is -2.23. The summed E-state index contributed by atoms with van der Waals surface area (Å²) in [4.78, 5) is 18.9. The SMILES string of the molecule is Cc1sc(NC(=O)Cc2cccs2)nc1-c1ccc2c(c1)C[C@@H](C)N2S(C)(=O)=O. The lowest BCUT2D eigenvalue weighted by molar-refractivity contribution is -0.115. The number of aryl methyl sites for hydroxylation is 1. The molecule has 2 aromatic heterocycles. The minimum Gasteiger partial charge on any atom is -0.302 e. The molecule has 1 aliphatic heterocycles. The molecule has 1 atom stereocenters. The van der Waals surface area contributed by atoms with Gasteiger partial charge in [0, 0.05) is 21.4 Å². The lowest BCUT2D eigenvalue weighted by Crippen LogP contribution is -2.34. The fourth-order valence-corrected chi connectivity index (χ4v) is 6.53. The van der Waals surface area contributed by atoms with E-state index in [4.69, 9.17) is 0 Å². The van der Waals surface area contributed by atoms with E-state index >= 15 is 0 Å². The van der Waals surface area contributed by atoms with Gasteiger partial charge in [0.1, 0.15) is 0 Å². The second-order valence-electron chi connectivity index (χ2n) is 7.18. The van der Waals surface area contributed by atoms with E-state index in [-0.39, 0.29) is 11.9 Å². The lowest BCUT2D eigenvalue weighted by Gasteiger charge is -2.21. The van der Waals surface area contributed by atoms with E-state index in [2.05, 4.69) is 10.3 Å². The second kappa shape index (κ2) is 7.55. The van der Waals surface area contributed by atoms with E-state index in [1.54, 1.807) is 11.3 Å². The molecule has 0 bridgehead atoms. The van der Waals surface area contributed by atoms with Crippen molar-refractivity contribution in [1.82, 2.24) is 4.98 Å². The molecule has 0 saturated heterocycles. The number of thiophene rings is 1. The molecule has 4 rings (SSSR count). The maximum atomic E-state index is 12.3. The smallest absolute Gasteiger partial charge is 0.232 e. The van der Waals surface area contributed by atoms with Gasteiger partial charge in [0.25, 0.3) is 0 Å². The summed E-state index contributed by atoms with van der Waals surface area (Å²) in [6.45, 7) is 3.89. The Morgan fingerprint density at radius 2 is 2.14 bits per heavy atom. The number of carbonyl (C=O) groups is 1. The van der Waals surface area contributed by atoms with Crippen molar-refractivity contribution in [3.05, 3.63) is 51.0 Å². The molecule has 1 N–H and O–H groups in total. The summed E-state index contributed by atoms with van der Waals surface area (Å²) in [5, 5.41) is 5.41. The highest BCUT2D eigenvalue weighted by atomic mass is 32.2. The van der Waals surface area contributed by atoms with Gasteiger partial charge in [-0.05, 0) is 49.4 Å². The zero-order valence-corrected chi connectivity index (χ0v) is 18.7. The Morgan fingerprint density at radius 1 is 1.34 bits per heavy atom. The van der Waals surface area contributed by atoms with Crippen molar-refractivity contribution in [3.8, 4) is 11.3 Å². The molecule has 6 nitrogen and oxygen atoms in total. The van der Waals surface area contributed by atoms with Gasteiger partial charge in [0.05, 0.1) is 24.1 Å². The van der Waals surface area contributed by atoms with Crippen LogP contribution >= 0.6 is 22.7 Å². The minimum atomic E-state index is -3.31. The van der Waals surface area contributed by atoms with E-state index in [0.717, 1.165) is 32.3 Å². The number of hydrogen-bond acceptors (Lipinski definition) is 6. The van der Waals surface area contributed by atoms with Crippen molar-refractivity contribution < 1.29 is 13.2 Å². The molecule has 1 amide bonds. The molecule has 0 aliphatic carbocycles. The van der Waals surface area contributed by atoms with E-state index < -0.39 is 10.0 Å². The topological polar surface area (TPSA) is 79.4 Å². The van der Waals surface area contributed by atoms with E-state index in [9.17, 15) is 13.2 Å². The zero-order valence-electron chi connectivity index (χ0n) is 16.3. The average Bonchev–Trinajstić information content (AvgIpc) is 3.31. The number of nitrogens with zero attached hydrogens (tertiary/aromatic N) is 2. The highest BCUT2D eigenvalue weighted by Gasteiger charge is 2.32.